The summed E-state index contributed by atoms with van der Waals surface area (Å²) in [6, 6.07) is 5.08. The van der Waals surface area contributed by atoms with Gasteiger partial charge in [0.15, 0.2) is 6.04 Å². The quantitative estimate of drug-likeness (QED) is 0.818. The third kappa shape index (κ3) is 5.01. The van der Waals surface area contributed by atoms with Crippen LogP contribution in [0.5, 0.6) is 0 Å². The van der Waals surface area contributed by atoms with Gasteiger partial charge in [0.05, 0.1) is 17.3 Å². The van der Waals surface area contributed by atoms with Gasteiger partial charge in [0, 0.05) is 13.1 Å². The van der Waals surface area contributed by atoms with Crippen LogP contribution in [-0.2, 0) is 9.53 Å². The molecule has 1 saturated heterocycles. The molecule has 2 rings (SSSR count). The van der Waals surface area contributed by atoms with Crippen LogP contribution >= 0.6 is 11.6 Å². The van der Waals surface area contributed by atoms with Crippen molar-refractivity contribution >= 4 is 35.4 Å². The SMILES string of the molecule is CC(C)(C)OC(=O)N1CCN(C(=O)Nc2ccccc2Cl)CC1C(=O)O. The summed E-state index contributed by atoms with van der Waals surface area (Å²) in [6.07, 6.45) is -0.712. The second-order valence-corrected chi connectivity index (χ2v) is 7.29. The predicted octanol–water partition coefficient (Wildman–Crippen LogP) is 2.88. The van der Waals surface area contributed by atoms with Gasteiger partial charge in [0.25, 0.3) is 0 Å². The van der Waals surface area contributed by atoms with Crippen molar-refractivity contribution in [3.8, 4) is 0 Å². The molecule has 1 aliphatic rings. The minimum absolute atomic E-state index is 0.0574. The highest BCUT2D eigenvalue weighted by Crippen LogP contribution is 2.22. The van der Waals surface area contributed by atoms with E-state index in [1.54, 1.807) is 45.0 Å². The van der Waals surface area contributed by atoms with E-state index in [2.05, 4.69) is 5.32 Å². The number of halogens is 1. The molecule has 1 aromatic carbocycles. The van der Waals surface area contributed by atoms with Crippen LogP contribution in [0.4, 0.5) is 15.3 Å². The van der Waals surface area contributed by atoms with Crippen molar-refractivity contribution in [2.75, 3.05) is 25.0 Å². The maximum atomic E-state index is 12.4. The lowest BCUT2D eigenvalue weighted by Gasteiger charge is -2.39. The van der Waals surface area contributed by atoms with Gasteiger partial charge >= 0.3 is 18.1 Å². The van der Waals surface area contributed by atoms with Crippen LogP contribution in [-0.4, -0.2) is 64.3 Å². The zero-order valence-corrected chi connectivity index (χ0v) is 15.6. The van der Waals surface area contributed by atoms with Crippen LogP contribution in [0.15, 0.2) is 24.3 Å². The zero-order valence-electron chi connectivity index (χ0n) is 14.9. The minimum Gasteiger partial charge on any atom is -0.480 e. The van der Waals surface area contributed by atoms with Gasteiger partial charge in [0.1, 0.15) is 5.60 Å². The number of rotatable bonds is 2. The maximum absolute atomic E-state index is 12.4. The second-order valence-electron chi connectivity index (χ2n) is 6.88. The van der Waals surface area contributed by atoms with Crippen LogP contribution < -0.4 is 5.32 Å². The normalized spacial score (nSPS) is 17.6. The number of hydrogen-bond acceptors (Lipinski definition) is 4. The number of aliphatic carboxylic acids is 1. The van der Waals surface area contributed by atoms with E-state index in [0.29, 0.717) is 10.7 Å². The number of para-hydroxylation sites is 1. The molecule has 0 radical (unpaired) electrons. The Bertz CT molecular complexity index is 704. The van der Waals surface area contributed by atoms with Gasteiger partial charge in [-0.2, -0.15) is 0 Å². The maximum Gasteiger partial charge on any atom is 0.411 e. The van der Waals surface area contributed by atoms with Crippen molar-refractivity contribution in [2.45, 2.75) is 32.4 Å². The fourth-order valence-corrected chi connectivity index (χ4v) is 2.66. The van der Waals surface area contributed by atoms with Crippen molar-refractivity contribution in [2.24, 2.45) is 0 Å². The molecule has 0 saturated carbocycles. The zero-order chi connectivity index (χ0) is 19.5. The van der Waals surface area contributed by atoms with Crippen LogP contribution in [0, 0.1) is 0 Å². The third-order valence-electron chi connectivity index (χ3n) is 3.70. The summed E-state index contributed by atoms with van der Waals surface area (Å²) in [6.45, 7) is 5.20. The van der Waals surface area contributed by atoms with Gasteiger partial charge in [-0.3, -0.25) is 4.90 Å². The molecular formula is C17H22ClN3O5. The number of hydrogen-bond donors (Lipinski definition) is 2. The Morgan fingerprint density at radius 1 is 1.23 bits per heavy atom. The van der Waals surface area contributed by atoms with E-state index in [1.807, 2.05) is 0 Å². The van der Waals surface area contributed by atoms with Gasteiger partial charge in [-0.25, -0.2) is 14.4 Å². The lowest BCUT2D eigenvalue weighted by molar-refractivity contribution is -0.144. The fraction of sp³-hybridized carbons (Fsp3) is 0.471. The molecule has 0 aliphatic carbocycles. The molecule has 1 aliphatic heterocycles. The van der Waals surface area contributed by atoms with Gasteiger partial charge < -0.3 is 20.1 Å². The molecule has 1 heterocycles. The topological polar surface area (TPSA) is 99.2 Å². The number of anilines is 1. The van der Waals surface area contributed by atoms with Gasteiger partial charge in [0.2, 0.25) is 0 Å². The van der Waals surface area contributed by atoms with E-state index in [1.165, 1.54) is 4.90 Å². The molecule has 1 unspecified atom stereocenters. The predicted molar refractivity (Wildman–Crippen MR) is 96.4 cm³/mol. The Kier molecular flexibility index (Phi) is 5.97. The number of carbonyl (C=O) groups is 3. The number of ether oxygens (including phenoxy) is 1. The smallest absolute Gasteiger partial charge is 0.411 e. The average molecular weight is 384 g/mol. The first-order valence-electron chi connectivity index (χ1n) is 8.11. The van der Waals surface area contributed by atoms with Crippen molar-refractivity contribution in [1.82, 2.24) is 9.80 Å². The number of carboxylic acids is 1. The highest BCUT2D eigenvalue weighted by molar-refractivity contribution is 6.33. The standard InChI is InChI=1S/C17H22ClN3O5/c1-17(2,3)26-16(25)21-9-8-20(10-13(21)14(22)23)15(24)19-12-7-5-4-6-11(12)18/h4-7,13H,8-10H2,1-3H3,(H,19,24)(H,22,23). The molecule has 142 valence electrons. The first kappa shape index (κ1) is 19.8. The number of piperazine rings is 1. The molecule has 1 fully saturated rings. The molecule has 0 spiro atoms. The molecule has 9 heteroatoms. The lowest BCUT2D eigenvalue weighted by atomic mass is 10.1. The van der Waals surface area contributed by atoms with Crippen LogP contribution in [0.1, 0.15) is 20.8 Å². The first-order chi connectivity index (χ1) is 12.1. The van der Waals surface area contributed by atoms with E-state index >= 15 is 0 Å². The summed E-state index contributed by atoms with van der Waals surface area (Å²) in [7, 11) is 0. The number of amides is 3. The van der Waals surface area contributed by atoms with Crippen LogP contribution in [0.3, 0.4) is 0 Å². The van der Waals surface area contributed by atoms with Crippen LogP contribution in [0.25, 0.3) is 0 Å². The number of nitrogens with zero attached hydrogens (tertiary/aromatic N) is 2. The number of carbonyl (C=O) groups excluding carboxylic acids is 2. The van der Waals surface area contributed by atoms with Crippen molar-refractivity contribution in [3.63, 3.8) is 0 Å². The highest BCUT2D eigenvalue weighted by atomic mass is 35.5. The van der Waals surface area contributed by atoms with Crippen molar-refractivity contribution in [1.29, 1.82) is 0 Å². The highest BCUT2D eigenvalue weighted by Gasteiger charge is 2.39. The monoisotopic (exact) mass is 383 g/mol. The summed E-state index contributed by atoms with van der Waals surface area (Å²) in [5.41, 5.74) is -0.306. The Balaban J connectivity index is 2.07. The van der Waals surface area contributed by atoms with Gasteiger partial charge in [-0.1, -0.05) is 23.7 Å². The van der Waals surface area contributed by atoms with E-state index in [0.717, 1.165) is 4.90 Å². The summed E-state index contributed by atoms with van der Waals surface area (Å²) >= 11 is 6.02. The van der Waals surface area contributed by atoms with Gasteiger partial charge in [-0.05, 0) is 32.9 Å². The van der Waals surface area contributed by atoms with E-state index in [4.69, 9.17) is 16.3 Å². The third-order valence-corrected chi connectivity index (χ3v) is 4.03. The first-order valence-corrected chi connectivity index (χ1v) is 8.49. The van der Waals surface area contributed by atoms with Crippen LogP contribution in [0.2, 0.25) is 5.02 Å². The molecule has 0 bridgehead atoms. The molecule has 3 amide bonds. The number of carboxylic acid groups (broad SMARTS) is 1. The average Bonchev–Trinajstić information content (AvgIpc) is 2.54. The molecule has 8 nitrogen and oxygen atoms in total. The summed E-state index contributed by atoms with van der Waals surface area (Å²) in [5.74, 6) is -1.20. The molecule has 2 N–H and O–H groups in total. The molecular weight excluding hydrogens is 362 g/mol. The Morgan fingerprint density at radius 2 is 1.88 bits per heavy atom. The Morgan fingerprint density at radius 3 is 2.46 bits per heavy atom. The minimum atomic E-state index is -1.20. The van der Waals surface area contributed by atoms with Crippen molar-refractivity contribution < 1.29 is 24.2 Å². The lowest BCUT2D eigenvalue weighted by Crippen LogP contribution is -2.60. The van der Waals surface area contributed by atoms with E-state index in [9.17, 15) is 19.5 Å². The largest absolute Gasteiger partial charge is 0.480 e. The molecule has 0 aromatic heterocycles. The van der Waals surface area contributed by atoms with E-state index in [-0.39, 0.29) is 19.6 Å². The van der Waals surface area contributed by atoms with Crippen molar-refractivity contribution in [3.05, 3.63) is 29.3 Å². The molecule has 1 atom stereocenters. The summed E-state index contributed by atoms with van der Waals surface area (Å²) in [5, 5.41) is 12.5. The molecule has 26 heavy (non-hydrogen) atoms. The summed E-state index contributed by atoms with van der Waals surface area (Å²) in [4.78, 5) is 38.7. The Hall–Kier alpha value is -2.48. The number of benzene rings is 1. The number of nitrogens with one attached hydrogen (secondary N) is 1. The summed E-state index contributed by atoms with van der Waals surface area (Å²) < 4.78 is 5.25. The van der Waals surface area contributed by atoms with E-state index < -0.39 is 29.7 Å². The molecule has 1 aromatic rings. The van der Waals surface area contributed by atoms with Gasteiger partial charge in [-0.15, -0.1) is 0 Å². The number of urea groups is 1. The Labute approximate surface area is 156 Å². The second kappa shape index (κ2) is 7.82. The fourth-order valence-electron chi connectivity index (χ4n) is 2.47.